The van der Waals surface area contributed by atoms with E-state index in [4.69, 9.17) is 0 Å². The van der Waals surface area contributed by atoms with Crippen LogP contribution in [0, 0.1) is 0 Å². The molecule has 0 amide bonds. The number of aromatic nitrogens is 3. The fraction of sp³-hybridized carbons (Fsp3) is 0.423. The van der Waals surface area contributed by atoms with E-state index in [1.807, 2.05) is 69.9 Å². The maximum atomic E-state index is 13.1. The molecule has 2 unspecified atom stereocenters. The molecular formula is C26H33N3O3. The number of aryl methyl sites for hydroxylation is 1. The van der Waals surface area contributed by atoms with E-state index in [1.165, 1.54) is 0 Å². The van der Waals surface area contributed by atoms with Crippen molar-refractivity contribution in [3.05, 3.63) is 102 Å². The lowest BCUT2D eigenvalue weighted by Gasteiger charge is -2.18. The molecule has 0 radical (unpaired) electrons. The average molecular weight is 436 g/mol. The Balaban J connectivity index is 1.83. The summed E-state index contributed by atoms with van der Waals surface area (Å²) in [7, 11) is 3.69. The summed E-state index contributed by atoms with van der Waals surface area (Å²) in [6.45, 7) is 8.02. The third-order valence-corrected chi connectivity index (χ3v) is 6.20. The molecule has 3 rings (SSSR count). The van der Waals surface area contributed by atoms with Gasteiger partial charge in [0.05, 0.1) is 0 Å². The van der Waals surface area contributed by atoms with Crippen LogP contribution in [0.2, 0.25) is 0 Å². The minimum Gasteiger partial charge on any atom is -0.357 e. The van der Waals surface area contributed by atoms with Gasteiger partial charge in [0, 0.05) is 67.7 Å². The molecule has 0 saturated heterocycles. The summed E-state index contributed by atoms with van der Waals surface area (Å²) in [5.74, 6) is 0.0144. The van der Waals surface area contributed by atoms with Crippen molar-refractivity contribution in [2.45, 2.75) is 58.4 Å². The Kier molecular flexibility index (Phi) is 7.02. The van der Waals surface area contributed by atoms with E-state index < -0.39 is 0 Å². The third kappa shape index (κ3) is 5.01. The molecule has 3 aromatic heterocycles. The predicted octanol–water partition coefficient (Wildman–Crippen LogP) is 3.52. The number of hydrogen-bond acceptors (Lipinski definition) is 3. The van der Waals surface area contributed by atoms with Gasteiger partial charge in [-0.3, -0.25) is 14.4 Å². The Labute approximate surface area is 188 Å². The van der Waals surface area contributed by atoms with E-state index in [2.05, 4.69) is 0 Å². The molecule has 3 heterocycles. The number of hydrogen-bond donors (Lipinski definition) is 0. The van der Waals surface area contributed by atoms with Crippen LogP contribution in [0.15, 0.2) is 63.3 Å². The van der Waals surface area contributed by atoms with Crippen molar-refractivity contribution in [3.63, 3.8) is 0 Å². The molecule has 0 aromatic carbocycles. The van der Waals surface area contributed by atoms with Crippen LogP contribution in [0.3, 0.4) is 0 Å². The van der Waals surface area contributed by atoms with Gasteiger partial charge in [-0.05, 0) is 50.2 Å². The number of pyridine rings is 3. The van der Waals surface area contributed by atoms with Gasteiger partial charge < -0.3 is 13.7 Å². The fourth-order valence-corrected chi connectivity index (χ4v) is 4.21. The minimum absolute atomic E-state index is 0.000795. The Bertz CT molecular complexity index is 1280. The van der Waals surface area contributed by atoms with Gasteiger partial charge >= 0.3 is 0 Å². The van der Waals surface area contributed by atoms with Gasteiger partial charge in [0.1, 0.15) is 0 Å². The minimum atomic E-state index is -0.0148. The largest absolute Gasteiger partial charge is 0.357 e. The second-order valence-corrected chi connectivity index (χ2v) is 9.16. The molecule has 0 aliphatic rings. The molecule has 0 aliphatic heterocycles. The maximum absolute atomic E-state index is 13.1. The summed E-state index contributed by atoms with van der Waals surface area (Å²) in [5.41, 5.74) is 3.43. The van der Waals surface area contributed by atoms with Crippen molar-refractivity contribution in [1.82, 2.24) is 13.7 Å². The van der Waals surface area contributed by atoms with Crippen LogP contribution < -0.4 is 16.5 Å². The zero-order valence-corrected chi connectivity index (χ0v) is 19.8. The number of rotatable bonds is 7. The van der Waals surface area contributed by atoms with Crippen molar-refractivity contribution in [3.8, 4) is 0 Å². The summed E-state index contributed by atoms with van der Waals surface area (Å²) < 4.78 is 5.29. The Morgan fingerprint density at radius 3 is 2.16 bits per heavy atom. The second-order valence-electron chi connectivity index (χ2n) is 9.16. The van der Waals surface area contributed by atoms with E-state index in [0.717, 1.165) is 22.4 Å². The molecule has 6 heteroatoms. The van der Waals surface area contributed by atoms with E-state index >= 15 is 0 Å². The highest BCUT2D eigenvalue weighted by Gasteiger charge is 2.17. The molecule has 0 fully saturated rings. The van der Waals surface area contributed by atoms with Crippen molar-refractivity contribution in [2.75, 3.05) is 0 Å². The molecular weight excluding hydrogens is 402 g/mol. The zero-order valence-electron chi connectivity index (χ0n) is 19.8. The first-order valence-corrected chi connectivity index (χ1v) is 11.1. The van der Waals surface area contributed by atoms with Crippen LogP contribution >= 0.6 is 0 Å². The van der Waals surface area contributed by atoms with Crippen LogP contribution in [0.25, 0.3) is 0 Å². The van der Waals surface area contributed by atoms with Crippen molar-refractivity contribution < 1.29 is 0 Å². The Hall–Kier alpha value is -3.15. The van der Waals surface area contributed by atoms with Crippen LogP contribution in [0.4, 0.5) is 0 Å². The average Bonchev–Trinajstić information content (AvgIpc) is 2.74. The second kappa shape index (κ2) is 9.55. The van der Waals surface area contributed by atoms with Gasteiger partial charge in [0.2, 0.25) is 0 Å². The standard InChI is InChI=1S/C26H33N3O3/c1-17(2)29-15-20(7-10-25(29)31)13-18(3)22-9-8-21(28(6)26(22)32)14-19(4)23-16-27(5)12-11-24(23)30/h7-12,15-19H,13-14H2,1-6H3. The van der Waals surface area contributed by atoms with Crippen LogP contribution in [-0.4, -0.2) is 13.7 Å². The molecule has 0 saturated carbocycles. The first-order chi connectivity index (χ1) is 15.1. The Morgan fingerprint density at radius 2 is 1.47 bits per heavy atom. The van der Waals surface area contributed by atoms with Crippen molar-refractivity contribution in [2.24, 2.45) is 14.1 Å². The maximum Gasteiger partial charge on any atom is 0.253 e. The Morgan fingerprint density at radius 1 is 0.781 bits per heavy atom. The highest BCUT2D eigenvalue weighted by Crippen LogP contribution is 2.21. The molecule has 0 N–H and O–H groups in total. The highest BCUT2D eigenvalue weighted by molar-refractivity contribution is 5.25. The summed E-state index contributed by atoms with van der Waals surface area (Å²) in [6, 6.07) is 9.02. The summed E-state index contributed by atoms with van der Waals surface area (Å²) in [5, 5.41) is 0. The van der Waals surface area contributed by atoms with E-state index in [9.17, 15) is 14.4 Å². The van der Waals surface area contributed by atoms with Crippen LogP contribution in [0.1, 0.15) is 68.0 Å². The van der Waals surface area contributed by atoms with Crippen molar-refractivity contribution >= 4 is 0 Å². The third-order valence-electron chi connectivity index (χ3n) is 6.20. The highest BCUT2D eigenvalue weighted by atomic mass is 16.1. The topological polar surface area (TPSA) is 66.0 Å². The molecule has 170 valence electrons. The molecule has 2 atom stereocenters. The van der Waals surface area contributed by atoms with Crippen molar-refractivity contribution in [1.29, 1.82) is 0 Å². The number of nitrogens with zero attached hydrogens (tertiary/aromatic N) is 3. The zero-order chi connectivity index (χ0) is 23.6. The monoisotopic (exact) mass is 435 g/mol. The van der Waals surface area contributed by atoms with Gasteiger partial charge in [-0.2, -0.15) is 0 Å². The van der Waals surface area contributed by atoms with E-state index in [1.54, 1.807) is 34.5 Å². The summed E-state index contributed by atoms with van der Waals surface area (Å²) >= 11 is 0. The van der Waals surface area contributed by atoms with Crippen LogP contribution in [-0.2, 0) is 26.9 Å². The molecule has 0 aliphatic carbocycles. The molecule has 6 nitrogen and oxygen atoms in total. The fourth-order valence-electron chi connectivity index (χ4n) is 4.21. The normalized spacial score (nSPS) is 13.3. The van der Waals surface area contributed by atoms with Gasteiger partial charge in [-0.1, -0.05) is 26.0 Å². The van der Waals surface area contributed by atoms with Gasteiger partial charge in [0.15, 0.2) is 5.43 Å². The van der Waals surface area contributed by atoms with Gasteiger partial charge in [0.25, 0.3) is 11.1 Å². The molecule has 32 heavy (non-hydrogen) atoms. The van der Waals surface area contributed by atoms with Crippen LogP contribution in [0.5, 0.6) is 0 Å². The van der Waals surface area contributed by atoms with E-state index in [0.29, 0.717) is 12.8 Å². The summed E-state index contributed by atoms with van der Waals surface area (Å²) in [6.07, 6.45) is 6.79. The summed E-state index contributed by atoms with van der Waals surface area (Å²) in [4.78, 5) is 37.4. The van der Waals surface area contributed by atoms with Gasteiger partial charge in [-0.15, -0.1) is 0 Å². The molecule has 0 spiro atoms. The lowest BCUT2D eigenvalue weighted by atomic mass is 9.93. The lowest BCUT2D eigenvalue weighted by molar-refractivity contribution is 0.571. The quantitative estimate of drug-likeness (QED) is 0.570. The first kappa shape index (κ1) is 23.5. The molecule has 0 bridgehead atoms. The lowest BCUT2D eigenvalue weighted by Crippen LogP contribution is -2.27. The first-order valence-electron chi connectivity index (χ1n) is 11.1. The SMILES string of the molecule is CC(Cc1ccc(C(C)Cc2ccc(=O)n(C(C)C)c2)c(=O)n1C)c1cn(C)ccc1=O. The smallest absolute Gasteiger partial charge is 0.253 e. The predicted molar refractivity (Wildman–Crippen MR) is 129 cm³/mol. The van der Waals surface area contributed by atoms with Gasteiger partial charge in [-0.25, -0.2) is 0 Å². The van der Waals surface area contributed by atoms with E-state index in [-0.39, 0.29) is 34.4 Å². The molecule has 3 aromatic rings.